The predicted molar refractivity (Wildman–Crippen MR) is 127 cm³/mol. The van der Waals surface area contributed by atoms with E-state index in [0.717, 1.165) is 38.1 Å². The highest BCUT2D eigenvalue weighted by Crippen LogP contribution is 2.29. The average Bonchev–Trinajstić information content (AvgIpc) is 3.13. The van der Waals surface area contributed by atoms with Gasteiger partial charge in [-0.1, -0.05) is 6.42 Å². The zero-order chi connectivity index (χ0) is 24.4. The van der Waals surface area contributed by atoms with Crippen LogP contribution >= 0.6 is 0 Å². The second kappa shape index (κ2) is 9.82. The fourth-order valence-corrected chi connectivity index (χ4v) is 6.13. The summed E-state index contributed by atoms with van der Waals surface area (Å²) >= 11 is 0. The Kier molecular flexibility index (Phi) is 6.61. The van der Waals surface area contributed by atoms with Crippen LogP contribution in [0, 0.1) is 11.7 Å². The lowest BCUT2D eigenvalue weighted by Crippen LogP contribution is -2.41. The summed E-state index contributed by atoms with van der Waals surface area (Å²) < 4.78 is 43.6. The number of halogens is 1. The maximum atomic E-state index is 14.6. The largest absolute Gasteiger partial charge is 0.323 e. The SMILES string of the molecule is O=C(Nc1cc(-c2nnc3n2CCCCC3)ccc1F)C1CCN(S(=O)(=O)c2cccnc2)CC1. The molecule has 1 N–H and O–H groups in total. The number of carbonyl (C=O) groups excluding carboxylic acids is 1. The van der Waals surface area contributed by atoms with E-state index in [4.69, 9.17) is 0 Å². The molecule has 0 spiro atoms. The van der Waals surface area contributed by atoms with Crippen molar-refractivity contribution in [1.29, 1.82) is 0 Å². The van der Waals surface area contributed by atoms with Crippen molar-refractivity contribution >= 4 is 21.6 Å². The maximum Gasteiger partial charge on any atom is 0.244 e. The molecular weight excluding hydrogens is 471 g/mol. The summed E-state index contributed by atoms with van der Waals surface area (Å²) in [5.74, 6) is 0.336. The molecule has 3 aromatic rings. The Morgan fingerprint density at radius 1 is 1.06 bits per heavy atom. The fraction of sp³-hybridized carbons (Fsp3) is 0.417. The standard InChI is InChI=1S/C24H27FN6O3S/c25-20-8-7-18(23-29-28-22-6-2-1-3-12-31(22)23)15-21(20)27-24(32)17-9-13-30(14-10-17)35(33,34)19-5-4-11-26-16-19/h4-5,7-8,11,15-17H,1-3,6,9-10,12-14H2,(H,27,32). The number of rotatable bonds is 5. The number of piperidine rings is 1. The molecule has 9 nitrogen and oxygen atoms in total. The number of sulfonamides is 1. The molecule has 0 unspecified atom stereocenters. The molecule has 1 fully saturated rings. The number of benzene rings is 1. The number of amides is 1. The Morgan fingerprint density at radius 2 is 1.89 bits per heavy atom. The molecule has 2 aliphatic rings. The van der Waals surface area contributed by atoms with Crippen LogP contribution in [0.1, 0.15) is 37.9 Å². The van der Waals surface area contributed by atoms with Gasteiger partial charge in [0.2, 0.25) is 15.9 Å². The molecule has 4 heterocycles. The first-order valence-electron chi connectivity index (χ1n) is 11.9. The van der Waals surface area contributed by atoms with E-state index in [1.807, 2.05) is 0 Å². The van der Waals surface area contributed by atoms with Crippen LogP contribution in [-0.2, 0) is 27.8 Å². The fourth-order valence-electron chi connectivity index (χ4n) is 4.70. The molecule has 0 atom stereocenters. The molecular formula is C24H27FN6O3S. The van der Waals surface area contributed by atoms with Crippen molar-refractivity contribution in [2.45, 2.75) is 50.0 Å². The molecule has 1 aromatic carbocycles. The van der Waals surface area contributed by atoms with E-state index in [-0.39, 0.29) is 29.6 Å². The van der Waals surface area contributed by atoms with Gasteiger partial charge in [0.1, 0.15) is 16.5 Å². The van der Waals surface area contributed by atoms with Crippen LogP contribution in [0.5, 0.6) is 0 Å². The van der Waals surface area contributed by atoms with Crippen molar-refractivity contribution in [1.82, 2.24) is 24.1 Å². The van der Waals surface area contributed by atoms with Gasteiger partial charge in [-0.2, -0.15) is 4.31 Å². The molecule has 1 amide bonds. The molecule has 0 saturated carbocycles. The van der Waals surface area contributed by atoms with Crippen molar-refractivity contribution in [2.75, 3.05) is 18.4 Å². The molecule has 0 radical (unpaired) electrons. The number of aryl methyl sites for hydroxylation is 1. The maximum absolute atomic E-state index is 14.6. The van der Waals surface area contributed by atoms with Crippen LogP contribution in [0.2, 0.25) is 0 Å². The van der Waals surface area contributed by atoms with Crippen molar-refractivity contribution in [3.05, 3.63) is 54.4 Å². The van der Waals surface area contributed by atoms with Gasteiger partial charge in [-0.05, 0) is 56.0 Å². The van der Waals surface area contributed by atoms with Crippen molar-refractivity contribution in [2.24, 2.45) is 5.92 Å². The molecule has 35 heavy (non-hydrogen) atoms. The second-order valence-corrected chi connectivity index (χ2v) is 10.9. The van der Waals surface area contributed by atoms with Gasteiger partial charge < -0.3 is 9.88 Å². The van der Waals surface area contributed by atoms with Crippen molar-refractivity contribution in [3.63, 3.8) is 0 Å². The number of pyridine rings is 1. The zero-order valence-corrected chi connectivity index (χ0v) is 20.0. The summed E-state index contributed by atoms with van der Waals surface area (Å²) in [6, 6.07) is 7.65. The van der Waals surface area contributed by atoms with Gasteiger partial charge in [0.15, 0.2) is 5.82 Å². The third-order valence-corrected chi connectivity index (χ3v) is 8.57. The first-order chi connectivity index (χ1) is 16.9. The summed E-state index contributed by atoms with van der Waals surface area (Å²) in [6.45, 7) is 1.24. The monoisotopic (exact) mass is 498 g/mol. The summed E-state index contributed by atoms with van der Waals surface area (Å²) in [5, 5.41) is 11.3. The summed E-state index contributed by atoms with van der Waals surface area (Å²) in [7, 11) is -3.65. The molecule has 1 saturated heterocycles. The van der Waals surface area contributed by atoms with E-state index in [2.05, 4.69) is 25.1 Å². The number of anilines is 1. The molecule has 0 aliphatic carbocycles. The van der Waals surface area contributed by atoms with Crippen molar-refractivity contribution in [3.8, 4) is 11.4 Å². The molecule has 2 aliphatic heterocycles. The highest BCUT2D eigenvalue weighted by atomic mass is 32.2. The van der Waals surface area contributed by atoms with Crippen LogP contribution in [0.4, 0.5) is 10.1 Å². The van der Waals surface area contributed by atoms with Gasteiger partial charge in [0.25, 0.3) is 0 Å². The zero-order valence-electron chi connectivity index (χ0n) is 19.2. The predicted octanol–water partition coefficient (Wildman–Crippen LogP) is 3.25. The Labute approximate surface area is 203 Å². The molecule has 0 bridgehead atoms. The summed E-state index contributed by atoms with van der Waals surface area (Å²) in [4.78, 5) is 16.9. The van der Waals surface area contributed by atoms with Gasteiger partial charge in [0.05, 0.1) is 5.69 Å². The average molecular weight is 499 g/mol. The lowest BCUT2D eigenvalue weighted by atomic mass is 9.97. The molecule has 2 aromatic heterocycles. The first-order valence-corrected chi connectivity index (χ1v) is 13.3. The normalized spacial score (nSPS) is 17.5. The van der Waals surface area contributed by atoms with Crippen LogP contribution in [0.3, 0.4) is 0 Å². The van der Waals surface area contributed by atoms with Gasteiger partial charge in [0, 0.05) is 49.9 Å². The number of fused-ring (bicyclic) bond motifs is 1. The number of aromatic nitrogens is 4. The van der Waals surface area contributed by atoms with Crippen molar-refractivity contribution < 1.29 is 17.6 Å². The number of hydrogen-bond donors (Lipinski definition) is 1. The second-order valence-electron chi connectivity index (χ2n) is 8.95. The lowest BCUT2D eigenvalue weighted by molar-refractivity contribution is -0.120. The first kappa shape index (κ1) is 23.6. The van der Waals surface area contributed by atoms with Crippen LogP contribution in [0.25, 0.3) is 11.4 Å². The minimum atomic E-state index is -3.65. The van der Waals surface area contributed by atoms with Gasteiger partial charge >= 0.3 is 0 Å². The van der Waals surface area contributed by atoms with E-state index in [9.17, 15) is 17.6 Å². The Morgan fingerprint density at radius 3 is 2.66 bits per heavy atom. The van der Waals surface area contributed by atoms with E-state index in [0.29, 0.717) is 24.2 Å². The summed E-state index contributed by atoms with van der Waals surface area (Å²) in [5.41, 5.74) is 0.781. The smallest absolute Gasteiger partial charge is 0.244 e. The highest BCUT2D eigenvalue weighted by molar-refractivity contribution is 7.89. The Bertz CT molecular complexity index is 1320. The van der Waals surface area contributed by atoms with E-state index in [1.165, 1.54) is 28.8 Å². The molecule has 184 valence electrons. The lowest BCUT2D eigenvalue weighted by Gasteiger charge is -2.30. The highest BCUT2D eigenvalue weighted by Gasteiger charge is 2.32. The van der Waals surface area contributed by atoms with Crippen LogP contribution in [0.15, 0.2) is 47.6 Å². The minimum absolute atomic E-state index is 0.0869. The Hall–Kier alpha value is -3.18. The quantitative estimate of drug-likeness (QED) is 0.578. The minimum Gasteiger partial charge on any atom is -0.323 e. The number of carbonyl (C=O) groups is 1. The van der Waals surface area contributed by atoms with Gasteiger partial charge in [-0.25, -0.2) is 12.8 Å². The van der Waals surface area contributed by atoms with E-state index in [1.54, 1.807) is 18.2 Å². The Balaban J connectivity index is 1.27. The van der Waals surface area contributed by atoms with Gasteiger partial charge in [-0.15, -0.1) is 10.2 Å². The number of nitrogens with zero attached hydrogens (tertiary/aromatic N) is 5. The molecule has 5 rings (SSSR count). The van der Waals surface area contributed by atoms with Crippen LogP contribution in [-0.4, -0.2) is 51.5 Å². The van der Waals surface area contributed by atoms with Crippen LogP contribution < -0.4 is 5.32 Å². The topological polar surface area (TPSA) is 110 Å². The van der Waals surface area contributed by atoms with E-state index < -0.39 is 21.8 Å². The van der Waals surface area contributed by atoms with Gasteiger partial charge in [-0.3, -0.25) is 9.78 Å². The number of nitrogens with one attached hydrogen (secondary N) is 1. The third-order valence-electron chi connectivity index (χ3n) is 6.69. The summed E-state index contributed by atoms with van der Waals surface area (Å²) in [6.07, 6.45) is 7.65. The molecule has 11 heteroatoms. The third kappa shape index (κ3) is 4.83. The van der Waals surface area contributed by atoms with E-state index >= 15 is 0 Å². The number of hydrogen-bond acceptors (Lipinski definition) is 6.